The van der Waals surface area contributed by atoms with Crippen LogP contribution < -0.4 is 0 Å². The lowest BCUT2D eigenvalue weighted by molar-refractivity contribution is -0.387. The third-order valence-electron chi connectivity index (χ3n) is 2.11. The normalized spacial score (nSPS) is 12.5. The topological polar surface area (TPSA) is 63.4 Å². The van der Waals surface area contributed by atoms with E-state index in [9.17, 15) is 19.6 Å². The van der Waals surface area contributed by atoms with E-state index in [1.165, 1.54) is 6.07 Å². The van der Waals surface area contributed by atoms with Crippen molar-refractivity contribution in [1.29, 1.82) is 0 Å². The first-order valence-electron chi connectivity index (χ1n) is 4.68. The van der Waals surface area contributed by atoms with E-state index >= 15 is 0 Å². The highest BCUT2D eigenvalue weighted by Crippen LogP contribution is 2.24. The maximum Gasteiger partial charge on any atom is 0.305 e. The maximum absolute atomic E-state index is 12.9. The summed E-state index contributed by atoms with van der Waals surface area (Å²) in [5, 5.41) is 20.0. The van der Waals surface area contributed by atoms with Crippen molar-refractivity contribution in [3.63, 3.8) is 0 Å². The lowest BCUT2D eigenvalue weighted by atomic mass is 10.0. The molecule has 0 aromatic heterocycles. The molecule has 1 atom stereocenters. The molecule has 1 aromatic carbocycles. The zero-order valence-corrected chi connectivity index (χ0v) is 8.31. The zero-order chi connectivity index (χ0) is 11.4. The van der Waals surface area contributed by atoms with E-state index in [-0.39, 0.29) is 0 Å². The lowest BCUT2D eigenvalue weighted by Gasteiger charge is -2.08. The number of nitro benzene ring substituents is 1. The van der Waals surface area contributed by atoms with Gasteiger partial charge in [-0.25, -0.2) is 0 Å². The van der Waals surface area contributed by atoms with Crippen LogP contribution in [0.4, 0.5) is 10.1 Å². The van der Waals surface area contributed by atoms with E-state index in [0.29, 0.717) is 12.0 Å². The van der Waals surface area contributed by atoms with Crippen LogP contribution >= 0.6 is 0 Å². The summed E-state index contributed by atoms with van der Waals surface area (Å²) >= 11 is 0. The molecule has 0 aliphatic carbocycles. The largest absolute Gasteiger partial charge is 0.388 e. The number of benzene rings is 1. The molecule has 0 saturated carbocycles. The van der Waals surface area contributed by atoms with E-state index in [2.05, 4.69) is 0 Å². The van der Waals surface area contributed by atoms with Crippen LogP contribution in [0, 0.1) is 15.9 Å². The summed E-state index contributed by atoms with van der Waals surface area (Å²) in [6, 6.07) is 3.45. The van der Waals surface area contributed by atoms with Gasteiger partial charge in [-0.1, -0.05) is 19.4 Å². The first kappa shape index (κ1) is 11.6. The Hall–Kier alpha value is -1.49. The SMILES string of the molecule is CCCC(O)c1ccc(F)c([N+](=O)[O-])c1. The molecular weight excluding hydrogens is 201 g/mol. The average molecular weight is 213 g/mol. The van der Waals surface area contributed by atoms with Gasteiger partial charge in [-0.15, -0.1) is 0 Å². The number of hydrogen-bond acceptors (Lipinski definition) is 3. The number of nitro groups is 1. The first-order chi connectivity index (χ1) is 7.06. The quantitative estimate of drug-likeness (QED) is 0.617. The van der Waals surface area contributed by atoms with Crippen LogP contribution in [0.5, 0.6) is 0 Å². The molecule has 4 nitrogen and oxygen atoms in total. The number of rotatable bonds is 4. The molecule has 1 rings (SSSR count). The van der Waals surface area contributed by atoms with Crippen LogP contribution in [0.2, 0.25) is 0 Å². The average Bonchev–Trinajstić information content (AvgIpc) is 2.18. The summed E-state index contributed by atoms with van der Waals surface area (Å²) in [5.74, 6) is -0.882. The highest BCUT2D eigenvalue weighted by atomic mass is 19.1. The van der Waals surface area contributed by atoms with Gasteiger partial charge in [0.1, 0.15) is 0 Å². The van der Waals surface area contributed by atoms with Gasteiger partial charge in [-0.2, -0.15) is 4.39 Å². The monoisotopic (exact) mass is 213 g/mol. The third-order valence-corrected chi connectivity index (χ3v) is 2.11. The van der Waals surface area contributed by atoms with Crippen LogP contribution in [0.25, 0.3) is 0 Å². The molecule has 0 heterocycles. The fourth-order valence-electron chi connectivity index (χ4n) is 1.32. The van der Waals surface area contributed by atoms with Gasteiger partial charge in [0.2, 0.25) is 5.82 Å². The molecular formula is C10H12FNO3. The predicted octanol–water partition coefficient (Wildman–Crippen LogP) is 2.57. The van der Waals surface area contributed by atoms with Gasteiger partial charge in [0.05, 0.1) is 11.0 Å². The molecule has 1 N–H and O–H groups in total. The van der Waals surface area contributed by atoms with Crippen molar-refractivity contribution in [1.82, 2.24) is 0 Å². The minimum Gasteiger partial charge on any atom is -0.388 e. The van der Waals surface area contributed by atoms with E-state index in [1.54, 1.807) is 0 Å². The molecule has 0 spiro atoms. The minimum absolute atomic E-state index is 0.380. The molecule has 1 aromatic rings. The summed E-state index contributed by atoms with van der Waals surface area (Å²) in [5.41, 5.74) is -0.215. The number of nitrogens with zero attached hydrogens (tertiary/aromatic N) is 1. The van der Waals surface area contributed by atoms with E-state index in [4.69, 9.17) is 0 Å². The molecule has 0 bridgehead atoms. The van der Waals surface area contributed by atoms with Crippen LogP contribution in [0.1, 0.15) is 31.4 Å². The predicted molar refractivity (Wildman–Crippen MR) is 52.9 cm³/mol. The first-order valence-corrected chi connectivity index (χ1v) is 4.68. The Labute approximate surface area is 86.5 Å². The lowest BCUT2D eigenvalue weighted by Crippen LogP contribution is -2.00. The molecule has 0 amide bonds. The third kappa shape index (κ3) is 2.73. The Bertz CT molecular complexity index is 368. The van der Waals surface area contributed by atoms with Gasteiger partial charge in [0, 0.05) is 6.07 Å². The number of aliphatic hydroxyl groups is 1. The highest BCUT2D eigenvalue weighted by Gasteiger charge is 2.17. The van der Waals surface area contributed by atoms with Crippen molar-refractivity contribution >= 4 is 5.69 Å². The maximum atomic E-state index is 12.9. The summed E-state index contributed by atoms with van der Waals surface area (Å²) in [6.45, 7) is 1.89. The Morgan fingerprint density at radius 1 is 1.60 bits per heavy atom. The minimum atomic E-state index is -0.882. The zero-order valence-electron chi connectivity index (χ0n) is 8.31. The van der Waals surface area contributed by atoms with Crippen LogP contribution in [-0.4, -0.2) is 10.0 Å². The highest BCUT2D eigenvalue weighted by molar-refractivity contribution is 5.37. The molecule has 1 unspecified atom stereocenters. The van der Waals surface area contributed by atoms with E-state index in [0.717, 1.165) is 18.6 Å². The van der Waals surface area contributed by atoms with Gasteiger partial charge in [0.15, 0.2) is 0 Å². The summed E-state index contributed by atoms with van der Waals surface area (Å²) in [6.07, 6.45) is 0.490. The molecule has 0 aliphatic rings. The van der Waals surface area contributed by atoms with Crippen molar-refractivity contribution in [2.45, 2.75) is 25.9 Å². The molecule has 0 fully saturated rings. The second-order valence-corrected chi connectivity index (χ2v) is 3.27. The Balaban J connectivity index is 3.02. The number of aliphatic hydroxyl groups excluding tert-OH is 1. The van der Waals surface area contributed by atoms with Gasteiger partial charge >= 0.3 is 5.69 Å². The molecule has 82 valence electrons. The number of hydrogen-bond donors (Lipinski definition) is 1. The van der Waals surface area contributed by atoms with Crippen molar-refractivity contribution in [2.75, 3.05) is 0 Å². The molecule has 0 saturated heterocycles. The van der Waals surface area contributed by atoms with Crippen molar-refractivity contribution in [3.05, 3.63) is 39.7 Å². The van der Waals surface area contributed by atoms with Gasteiger partial charge in [-0.3, -0.25) is 10.1 Å². The van der Waals surface area contributed by atoms with E-state index < -0.39 is 22.5 Å². The fourth-order valence-corrected chi connectivity index (χ4v) is 1.32. The van der Waals surface area contributed by atoms with Crippen LogP contribution in [-0.2, 0) is 0 Å². The summed E-state index contributed by atoms with van der Waals surface area (Å²) in [7, 11) is 0. The summed E-state index contributed by atoms with van der Waals surface area (Å²) < 4.78 is 12.9. The van der Waals surface area contributed by atoms with Gasteiger partial charge < -0.3 is 5.11 Å². The van der Waals surface area contributed by atoms with Crippen LogP contribution in [0.15, 0.2) is 18.2 Å². The standard InChI is InChI=1S/C10H12FNO3/c1-2-3-10(13)7-4-5-8(11)9(6-7)12(14)15/h4-6,10,13H,2-3H2,1H3. The molecule has 0 aliphatic heterocycles. The second kappa shape index (κ2) is 4.84. The Morgan fingerprint density at radius 2 is 2.27 bits per heavy atom. The Morgan fingerprint density at radius 3 is 2.80 bits per heavy atom. The van der Waals surface area contributed by atoms with Crippen LogP contribution in [0.3, 0.4) is 0 Å². The molecule has 15 heavy (non-hydrogen) atoms. The molecule has 0 radical (unpaired) electrons. The van der Waals surface area contributed by atoms with Crippen molar-refractivity contribution in [2.24, 2.45) is 0 Å². The Kier molecular flexibility index (Phi) is 3.74. The fraction of sp³-hybridized carbons (Fsp3) is 0.400. The van der Waals surface area contributed by atoms with Crippen molar-refractivity contribution in [3.8, 4) is 0 Å². The second-order valence-electron chi connectivity index (χ2n) is 3.27. The van der Waals surface area contributed by atoms with E-state index in [1.807, 2.05) is 6.92 Å². The smallest absolute Gasteiger partial charge is 0.305 e. The summed E-state index contributed by atoms with van der Waals surface area (Å²) in [4.78, 5) is 9.64. The number of halogens is 1. The van der Waals surface area contributed by atoms with Gasteiger partial charge in [-0.05, 0) is 18.1 Å². The molecule has 5 heteroatoms. The van der Waals surface area contributed by atoms with Crippen molar-refractivity contribution < 1.29 is 14.4 Å². The van der Waals surface area contributed by atoms with Gasteiger partial charge in [0.25, 0.3) is 0 Å².